The molecule has 6 nitrogen and oxygen atoms in total. The van der Waals surface area contributed by atoms with Crippen LogP contribution in [0.15, 0.2) is 18.2 Å². The van der Waals surface area contributed by atoms with Gasteiger partial charge in [-0.3, -0.25) is 0 Å². The zero-order chi connectivity index (χ0) is 19.6. The first kappa shape index (κ1) is 21.4. The Morgan fingerprint density at radius 3 is 2.59 bits per heavy atom. The Hall–Kier alpha value is -1.95. The Balaban J connectivity index is 1.65. The lowest BCUT2D eigenvalue weighted by molar-refractivity contribution is 0.187. The molecule has 1 aromatic carbocycles. The molecule has 152 valence electrons. The maximum Gasteiger partial charge on any atom is 0.317 e. The number of likely N-dealkylation sites (tertiary alicyclic amines) is 1. The van der Waals surface area contributed by atoms with Crippen molar-refractivity contribution in [2.24, 2.45) is 5.92 Å². The number of hydrogen-bond acceptors (Lipinski definition) is 4. The number of urea groups is 1. The molecule has 0 unspecified atom stereocenters. The van der Waals surface area contributed by atoms with Gasteiger partial charge < -0.3 is 24.6 Å². The largest absolute Gasteiger partial charge is 0.493 e. The van der Waals surface area contributed by atoms with E-state index in [0.29, 0.717) is 12.3 Å². The summed E-state index contributed by atoms with van der Waals surface area (Å²) < 4.78 is 10.6. The van der Waals surface area contributed by atoms with E-state index in [-0.39, 0.29) is 6.03 Å². The fourth-order valence-corrected chi connectivity index (χ4v) is 3.35. The summed E-state index contributed by atoms with van der Waals surface area (Å²) in [7, 11) is 5.09. The van der Waals surface area contributed by atoms with Crippen LogP contribution in [0.1, 0.15) is 31.7 Å². The predicted octanol–water partition coefficient (Wildman–Crippen LogP) is 3.01. The fourth-order valence-electron chi connectivity index (χ4n) is 3.35. The van der Waals surface area contributed by atoms with Crippen molar-refractivity contribution in [1.82, 2.24) is 15.1 Å². The number of hydrogen-bond donors (Lipinski definition) is 1. The van der Waals surface area contributed by atoms with Gasteiger partial charge in [0.1, 0.15) is 0 Å². The Bertz CT molecular complexity index is 586. The first-order valence-corrected chi connectivity index (χ1v) is 9.95. The van der Waals surface area contributed by atoms with Gasteiger partial charge in [-0.1, -0.05) is 13.0 Å². The molecule has 0 bridgehead atoms. The first-order chi connectivity index (χ1) is 13.0. The predicted molar refractivity (Wildman–Crippen MR) is 109 cm³/mol. The summed E-state index contributed by atoms with van der Waals surface area (Å²) in [5.74, 6) is 2.30. The van der Waals surface area contributed by atoms with Crippen molar-refractivity contribution >= 4 is 6.03 Å². The van der Waals surface area contributed by atoms with Crippen LogP contribution in [0.3, 0.4) is 0 Å². The molecule has 1 aliphatic rings. The molecule has 0 radical (unpaired) electrons. The van der Waals surface area contributed by atoms with Crippen molar-refractivity contribution in [1.29, 1.82) is 0 Å². The average molecular weight is 378 g/mol. The summed E-state index contributed by atoms with van der Waals surface area (Å²) in [5, 5.41) is 3.02. The quantitative estimate of drug-likeness (QED) is 0.672. The molecule has 1 fully saturated rings. The highest BCUT2D eigenvalue weighted by Crippen LogP contribution is 2.27. The van der Waals surface area contributed by atoms with Crippen molar-refractivity contribution in [3.63, 3.8) is 0 Å². The number of nitrogens with one attached hydrogen (secondary N) is 1. The second-order valence-corrected chi connectivity index (χ2v) is 7.47. The third-order valence-corrected chi connectivity index (χ3v) is 5.33. The van der Waals surface area contributed by atoms with E-state index in [4.69, 9.17) is 9.47 Å². The Labute approximate surface area is 163 Å². The Kier molecular flexibility index (Phi) is 8.72. The van der Waals surface area contributed by atoms with Crippen molar-refractivity contribution in [2.75, 3.05) is 54.0 Å². The fraction of sp³-hybridized carbons (Fsp3) is 0.667. The summed E-state index contributed by atoms with van der Waals surface area (Å²) in [6.45, 7) is 7.18. The molecule has 1 aliphatic heterocycles. The molecule has 0 spiro atoms. The zero-order valence-electron chi connectivity index (χ0n) is 17.3. The Morgan fingerprint density at radius 1 is 1.22 bits per heavy atom. The van der Waals surface area contributed by atoms with Gasteiger partial charge in [-0.2, -0.15) is 0 Å². The molecular weight excluding hydrogens is 342 g/mol. The van der Waals surface area contributed by atoms with Crippen LogP contribution in [0.2, 0.25) is 0 Å². The number of rotatable bonds is 9. The lowest BCUT2D eigenvalue weighted by Gasteiger charge is -2.30. The highest BCUT2D eigenvalue weighted by Gasteiger charge is 2.15. The van der Waals surface area contributed by atoms with Crippen LogP contribution in [0.4, 0.5) is 4.79 Å². The SMILES string of the molecule is COc1ccc(CCN(C)C(=O)NCCCN2CCC(C)CC2)cc1OC. The molecule has 0 saturated carbocycles. The maximum atomic E-state index is 12.2. The van der Waals surface area contributed by atoms with Gasteiger partial charge in [0.15, 0.2) is 11.5 Å². The number of ether oxygens (including phenoxy) is 2. The number of carbonyl (C=O) groups excluding carboxylic acids is 1. The summed E-state index contributed by atoms with van der Waals surface area (Å²) in [5.41, 5.74) is 1.12. The van der Waals surface area contributed by atoms with Crippen molar-refractivity contribution in [2.45, 2.75) is 32.6 Å². The van der Waals surface area contributed by atoms with E-state index in [1.54, 1.807) is 19.1 Å². The maximum absolute atomic E-state index is 12.2. The third kappa shape index (κ3) is 6.94. The van der Waals surface area contributed by atoms with E-state index >= 15 is 0 Å². The van der Waals surface area contributed by atoms with E-state index in [2.05, 4.69) is 17.1 Å². The van der Waals surface area contributed by atoms with Gasteiger partial charge in [-0.15, -0.1) is 0 Å². The molecule has 0 atom stereocenters. The van der Waals surface area contributed by atoms with E-state index in [0.717, 1.165) is 43.2 Å². The summed E-state index contributed by atoms with van der Waals surface area (Å²) in [4.78, 5) is 16.5. The molecule has 1 saturated heterocycles. The van der Waals surface area contributed by atoms with Gasteiger partial charge in [-0.05, 0) is 68.9 Å². The van der Waals surface area contributed by atoms with Crippen LogP contribution in [0.5, 0.6) is 11.5 Å². The minimum Gasteiger partial charge on any atom is -0.493 e. The van der Waals surface area contributed by atoms with Crippen molar-refractivity contribution < 1.29 is 14.3 Å². The van der Waals surface area contributed by atoms with E-state index < -0.39 is 0 Å². The molecule has 1 N–H and O–H groups in total. The third-order valence-electron chi connectivity index (χ3n) is 5.33. The van der Waals surface area contributed by atoms with E-state index in [9.17, 15) is 4.79 Å². The molecule has 1 heterocycles. The monoisotopic (exact) mass is 377 g/mol. The molecule has 0 aliphatic carbocycles. The molecular formula is C21H35N3O3. The summed E-state index contributed by atoms with van der Waals surface area (Å²) in [6, 6.07) is 5.86. The van der Waals surface area contributed by atoms with Gasteiger partial charge in [-0.25, -0.2) is 4.79 Å². The highest BCUT2D eigenvalue weighted by atomic mass is 16.5. The van der Waals surface area contributed by atoms with E-state index in [1.165, 1.54) is 25.9 Å². The van der Waals surface area contributed by atoms with Crippen LogP contribution < -0.4 is 14.8 Å². The second kappa shape index (κ2) is 11.0. The number of carbonyl (C=O) groups is 1. The summed E-state index contributed by atoms with van der Waals surface area (Å²) >= 11 is 0. The van der Waals surface area contributed by atoms with Crippen LogP contribution in [0, 0.1) is 5.92 Å². The number of likely N-dealkylation sites (N-methyl/N-ethyl adjacent to an activating group) is 1. The van der Waals surface area contributed by atoms with Crippen molar-refractivity contribution in [3.05, 3.63) is 23.8 Å². The van der Waals surface area contributed by atoms with E-state index in [1.807, 2.05) is 25.2 Å². The van der Waals surface area contributed by atoms with Crippen molar-refractivity contribution in [3.8, 4) is 11.5 Å². The summed E-state index contributed by atoms with van der Waals surface area (Å²) in [6.07, 6.45) is 4.37. The molecule has 2 rings (SSSR count). The molecule has 27 heavy (non-hydrogen) atoms. The van der Waals surface area contributed by atoms with Crippen LogP contribution >= 0.6 is 0 Å². The smallest absolute Gasteiger partial charge is 0.317 e. The van der Waals surface area contributed by atoms with Crippen LogP contribution in [-0.2, 0) is 6.42 Å². The lowest BCUT2D eigenvalue weighted by Crippen LogP contribution is -2.40. The zero-order valence-corrected chi connectivity index (χ0v) is 17.3. The minimum atomic E-state index is -0.0113. The van der Waals surface area contributed by atoms with Gasteiger partial charge in [0.05, 0.1) is 14.2 Å². The number of nitrogens with zero attached hydrogens (tertiary/aromatic N) is 2. The average Bonchev–Trinajstić information content (AvgIpc) is 2.70. The van der Waals surface area contributed by atoms with Gasteiger partial charge in [0, 0.05) is 20.1 Å². The van der Waals surface area contributed by atoms with Gasteiger partial charge in [0.2, 0.25) is 0 Å². The first-order valence-electron chi connectivity index (χ1n) is 9.95. The molecule has 6 heteroatoms. The number of benzene rings is 1. The number of methoxy groups -OCH3 is 2. The minimum absolute atomic E-state index is 0.0113. The molecule has 0 aromatic heterocycles. The van der Waals surface area contributed by atoms with Gasteiger partial charge >= 0.3 is 6.03 Å². The topological polar surface area (TPSA) is 54.0 Å². The normalized spacial score (nSPS) is 15.4. The highest BCUT2D eigenvalue weighted by molar-refractivity contribution is 5.73. The standard InChI is InChI=1S/C21H35N3O3/c1-17-8-14-24(15-9-17)12-5-11-22-21(25)23(2)13-10-18-6-7-19(26-3)20(16-18)27-4/h6-7,16-17H,5,8-15H2,1-4H3,(H,22,25). The lowest BCUT2D eigenvalue weighted by atomic mass is 9.99. The van der Waals surface area contributed by atoms with Crippen LogP contribution in [-0.4, -0.2) is 69.8 Å². The molecule has 2 amide bonds. The van der Waals surface area contributed by atoms with Crippen LogP contribution in [0.25, 0.3) is 0 Å². The Morgan fingerprint density at radius 2 is 1.93 bits per heavy atom. The number of amides is 2. The molecule has 1 aromatic rings. The van der Waals surface area contributed by atoms with Gasteiger partial charge in [0.25, 0.3) is 0 Å². The number of piperidine rings is 1. The second-order valence-electron chi connectivity index (χ2n) is 7.47.